The van der Waals surface area contributed by atoms with Gasteiger partial charge in [0.15, 0.2) is 16.7 Å². The third-order valence-electron chi connectivity index (χ3n) is 4.15. The van der Waals surface area contributed by atoms with E-state index in [9.17, 15) is 4.79 Å². The highest BCUT2D eigenvalue weighted by molar-refractivity contribution is 7.99. The standard InChI is InChI=1S/C19H19N3O3S/c1-12(13-6-7-16-17(10-13)25-9-8-24-16)20-18(23)11-26-19-21-14-4-2-3-5-15(14)22-19/h2-7,10,12H,8-9,11H2,1H3,(H,20,23)(H,21,22)/t12-/m1/s1. The zero-order valence-electron chi connectivity index (χ0n) is 14.3. The molecule has 0 saturated carbocycles. The third kappa shape index (κ3) is 3.62. The van der Waals surface area contributed by atoms with Gasteiger partial charge in [-0.25, -0.2) is 4.98 Å². The van der Waals surface area contributed by atoms with Crippen molar-refractivity contribution in [1.29, 1.82) is 0 Å². The lowest BCUT2D eigenvalue weighted by Gasteiger charge is -2.21. The summed E-state index contributed by atoms with van der Waals surface area (Å²) in [5.74, 6) is 1.73. The summed E-state index contributed by atoms with van der Waals surface area (Å²) in [7, 11) is 0. The van der Waals surface area contributed by atoms with Crippen molar-refractivity contribution in [2.75, 3.05) is 19.0 Å². The fraction of sp³-hybridized carbons (Fsp3) is 0.263. The van der Waals surface area contributed by atoms with Gasteiger partial charge < -0.3 is 19.8 Å². The van der Waals surface area contributed by atoms with Crippen molar-refractivity contribution in [2.24, 2.45) is 0 Å². The highest BCUT2D eigenvalue weighted by atomic mass is 32.2. The first-order valence-corrected chi connectivity index (χ1v) is 9.44. The molecule has 0 unspecified atom stereocenters. The number of aromatic nitrogens is 2. The van der Waals surface area contributed by atoms with Crippen LogP contribution in [0.2, 0.25) is 0 Å². The maximum absolute atomic E-state index is 12.3. The van der Waals surface area contributed by atoms with Crippen LogP contribution in [0.3, 0.4) is 0 Å². The van der Waals surface area contributed by atoms with Crippen LogP contribution in [0, 0.1) is 0 Å². The van der Waals surface area contributed by atoms with Gasteiger partial charge in [0, 0.05) is 0 Å². The summed E-state index contributed by atoms with van der Waals surface area (Å²) < 4.78 is 11.1. The topological polar surface area (TPSA) is 76.2 Å². The van der Waals surface area contributed by atoms with Crippen LogP contribution in [-0.4, -0.2) is 34.8 Å². The fourth-order valence-electron chi connectivity index (χ4n) is 2.83. The Hall–Kier alpha value is -2.67. The van der Waals surface area contributed by atoms with Crippen molar-refractivity contribution in [1.82, 2.24) is 15.3 Å². The number of fused-ring (bicyclic) bond motifs is 2. The van der Waals surface area contributed by atoms with Gasteiger partial charge in [-0.2, -0.15) is 0 Å². The Morgan fingerprint density at radius 1 is 1.23 bits per heavy atom. The van der Waals surface area contributed by atoms with E-state index in [4.69, 9.17) is 9.47 Å². The Morgan fingerprint density at radius 2 is 2.04 bits per heavy atom. The summed E-state index contributed by atoms with van der Waals surface area (Å²) in [4.78, 5) is 20.0. The molecule has 0 aliphatic carbocycles. The van der Waals surface area contributed by atoms with Crippen molar-refractivity contribution >= 4 is 28.7 Å². The molecule has 1 amide bonds. The number of para-hydroxylation sites is 2. The lowest BCUT2D eigenvalue weighted by molar-refractivity contribution is -0.119. The lowest BCUT2D eigenvalue weighted by Crippen LogP contribution is -2.28. The average Bonchev–Trinajstić information content (AvgIpc) is 3.09. The molecule has 1 aliphatic heterocycles. The Kier molecular flexibility index (Phi) is 4.71. The van der Waals surface area contributed by atoms with Crippen molar-refractivity contribution in [3.8, 4) is 11.5 Å². The van der Waals surface area contributed by atoms with Crippen LogP contribution >= 0.6 is 11.8 Å². The number of carbonyl (C=O) groups excluding carboxylic acids is 1. The van der Waals surface area contributed by atoms with Crippen LogP contribution in [0.25, 0.3) is 11.0 Å². The molecule has 2 aromatic carbocycles. The molecule has 1 aromatic heterocycles. The van der Waals surface area contributed by atoms with Crippen LogP contribution in [0.15, 0.2) is 47.6 Å². The van der Waals surface area contributed by atoms with Crippen molar-refractivity contribution in [3.63, 3.8) is 0 Å². The molecule has 0 bridgehead atoms. The van der Waals surface area contributed by atoms with E-state index in [0.717, 1.165) is 33.3 Å². The first-order chi connectivity index (χ1) is 12.7. The molecule has 6 nitrogen and oxygen atoms in total. The van der Waals surface area contributed by atoms with Crippen LogP contribution in [-0.2, 0) is 4.79 Å². The molecule has 7 heteroatoms. The van der Waals surface area contributed by atoms with Crippen molar-refractivity contribution < 1.29 is 14.3 Å². The minimum Gasteiger partial charge on any atom is -0.486 e. The van der Waals surface area contributed by atoms with Gasteiger partial charge >= 0.3 is 0 Å². The number of hydrogen-bond acceptors (Lipinski definition) is 5. The second-order valence-corrected chi connectivity index (χ2v) is 7.00. The molecule has 2 heterocycles. The molecule has 0 radical (unpaired) electrons. The van der Waals surface area contributed by atoms with Gasteiger partial charge in [0.05, 0.1) is 22.8 Å². The molecular formula is C19H19N3O3S. The quantitative estimate of drug-likeness (QED) is 0.675. The van der Waals surface area contributed by atoms with E-state index in [1.165, 1.54) is 11.8 Å². The summed E-state index contributed by atoms with van der Waals surface area (Å²) in [5.41, 5.74) is 2.86. The maximum atomic E-state index is 12.3. The molecule has 0 saturated heterocycles. The predicted molar refractivity (Wildman–Crippen MR) is 101 cm³/mol. The van der Waals surface area contributed by atoms with Gasteiger partial charge in [0.1, 0.15) is 13.2 Å². The number of ether oxygens (including phenoxy) is 2. The zero-order valence-corrected chi connectivity index (χ0v) is 15.1. The molecule has 0 fully saturated rings. The molecule has 1 aliphatic rings. The normalized spacial score (nSPS) is 14.2. The first kappa shape index (κ1) is 16.8. The summed E-state index contributed by atoms with van der Waals surface area (Å²) in [6.45, 7) is 3.07. The zero-order chi connectivity index (χ0) is 17.9. The number of thioether (sulfide) groups is 1. The Morgan fingerprint density at radius 3 is 2.88 bits per heavy atom. The number of H-pyrrole nitrogens is 1. The maximum Gasteiger partial charge on any atom is 0.230 e. The van der Waals surface area contributed by atoms with Gasteiger partial charge in [0.25, 0.3) is 0 Å². The smallest absolute Gasteiger partial charge is 0.230 e. The molecule has 2 N–H and O–H groups in total. The fourth-order valence-corrected chi connectivity index (χ4v) is 3.52. The second-order valence-electron chi connectivity index (χ2n) is 6.04. The molecule has 26 heavy (non-hydrogen) atoms. The number of nitrogens with zero attached hydrogens (tertiary/aromatic N) is 1. The number of nitrogens with one attached hydrogen (secondary N) is 2. The van der Waals surface area contributed by atoms with Gasteiger partial charge in [0.2, 0.25) is 5.91 Å². The molecule has 1 atom stereocenters. The number of benzene rings is 2. The first-order valence-electron chi connectivity index (χ1n) is 8.45. The van der Waals surface area contributed by atoms with E-state index in [-0.39, 0.29) is 11.9 Å². The van der Waals surface area contributed by atoms with Crippen molar-refractivity contribution in [2.45, 2.75) is 18.1 Å². The molecule has 4 rings (SSSR count). The summed E-state index contributed by atoms with van der Waals surface area (Å²) >= 11 is 1.39. The van der Waals surface area contributed by atoms with Crippen LogP contribution in [0.5, 0.6) is 11.5 Å². The minimum absolute atomic E-state index is 0.0437. The van der Waals surface area contributed by atoms with Crippen molar-refractivity contribution in [3.05, 3.63) is 48.0 Å². The van der Waals surface area contributed by atoms with E-state index < -0.39 is 0 Å². The Balaban J connectivity index is 1.35. The summed E-state index contributed by atoms with van der Waals surface area (Å²) in [6, 6.07) is 13.5. The lowest BCUT2D eigenvalue weighted by atomic mass is 10.1. The third-order valence-corrected chi connectivity index (χ3v) is 5.02. The van der Waals surface area contributed by atoms with Crippen LogP contribution < -0.4 is 14.8 Å². The van der Waals surface area contributed by atoms with Gasteiger partial charge in [-0.15, -0.1) is 0 Å². The van der Waals surface area contributed by atoms with Crippen LogP contribution in [0.4, 0.5) is 0 Å². The summed E-state index contributed by atoms with van der Waals surface area (Å²) in [6.07, 6.45) is 0. The number of carbonyl (C=O) groups is 1. The van der Waals surface area contributed by atoms with Gasteiger partial charge in [-0.05, 0) is 36.8 Å². The number of imidazole rings is 1. The van der Waals surface area contributed by atoms with E-state index in [2.05, 4.69) is 15.3 Å². The molecule has 3 aromatic rings. The number of rotatable bonds is 5. The largest absolute Gasteiger partial charge is 0.486 e. The van der Waals surface area contributed by atoms with Crippen LogP contribution in [0.1, 0.15) is 18.5 Å². The van der Waals surface area contributed by atoms with E-state index >= 15 is 0 Å². The molecule has 0 spiro atoms. The van der Waals surface area contributed by atoms with E-state index in [1.54, 1.807) is 0 Å². The van der Waals surface area contributed by atoms with E-state index in [1.807, 2.05) is 49.4 Å². The second kappa shape index (κ2) is 7.29. The van der Waals surface area contributed by atoms with Gasteiger partial charge in [-0.1, -0.05) is 30.0 Å². The monoisotopic (exact) mass is 369 g/mol. The highest BCUT2D eigenvalue weighted by Crippen LogP contribution is 2.32. The highest BCUT2D eigenvalue weighted by Gasteiger charge is 2.16. The SMILES string of the molecule is C[C@@H](NC(=O)CSc1nc2ccccc2[nH]1)c1ccc2c(c1)OCCO2. The molecule has 134 valence electrons. The van der Waals surface area contributed by atoms with Gasteiger partial charge in [-0.3, -0.25) is 4.79 Å². The van der Waals surface area contributed by atoms with E-state index in [0.29, 0.717) is 19.0 Å². The molecular weight excluding hydrogens is 350 g/mol. The summed E-state index contributed by atoms with van der Waals surface area (Å²) in [5, 5.41) is 3.75. The Bertz CT molecular complexity index is 908. The average molecular weight is 369 g/mol. The number of hydrogen-bond donors (Lipinski definition) is 2. The number of amides is 1. The predicted octanol–water partition coefficient (Wildman–Crippen LogP) is 3.30. The number of aromatic amines is 1. The minimum atomic E-state index is -0.116. The Labute approximate surface area is 155 Å².